The molecule has 75 valence electrons. The molecule has 1 N–H and O–H groups in total. The van der Waals surface area contributed by atoms with Gasteiger partial charge in [-0.05, 0) is 6.07 Å². The first-order valence-corrected chi connectivity index (χ1v) is 4.02. The van der Waals surface area contributed by atoms with Crippen molar-refractivity contribution in [1.29, 1.82) is 0 Å². The molecule has 0 aliphatic heterocycles. The number of hydrogen-bond acceptors (Lipinski definition) is 4. The molecule has 6 heteroatoms. The zero-order valence-corrected chi connectivity index (χ0v) is 7.39. The number of nitrogens with zero attached hydrogens (tertiary/aromatic N) is 1. The lowest BCUT2D eigenvalue weighted by Gasteiger charge is -1.94. The Labute approximate surface area is 83.6 Å². The van der Waals surface area contributed by atoms with Gasteiger partial charge in [-0.2, -0.15) is 0 Å². The summed E-state index contributed by atoms with van der Waals surface area (Å²) < 4.78 is 4.53. The van der Waals surface area contributed by atoms with Crippen LogP contribution in [-0.2, 0) is 4.79 Å². The number of non-ortho nitro benzene ring substituents is 1. The molecule has 0 unspecified atom stereocenters. The quantitative estimate of drug-likeness (QED) is 0.608. The van der Waals surface area contributed by atoms with Crippen LogP contribution in [0, 0.1) is 10.1 Å². The second kappa shape index (κ2) is 3.41. The largest absolute Gasteiger partial charge is 0.423 e. The van der Waals surface area contributed by atoms with Gasteiger partial charge in [0.25, 0.3) is 5.69 Å². The predicted octanol–water partition coefficient (Wildman–Crippen LogP) is 1.52. The van der Waals surface area contributed by atoms with Crippen molar-refractivity contribution < 1.29 is 14.5 Å². The minimum absolute atomic E-state index is 0.0618. The van der Waals surface area contributed by atoms with Crippen molar-refractivity contribution in [3.63, 3.8) is 0 Å². The summed E-state index contributed by atoms with van der Waals surface area (Å²) in [6.45, 7) is 1.27. The van der Waals surface area contributed by atoms with E-state index in [4.69, 9.17) is 0 Å². The van der Waals surface area contributed by atoms with Gasteiger partial charge >= 0.3 is 6.47 Å². The molecule has 15 heavy (non-hydrogen) atoms. The number of hydrogen-bond donors (Lipinski definition) is 1. The minimum Gasteiger partial charge on any atom is -0.416 e. The highest BCUT2D eigenvalue weighted by Crippen LogP contribution is 2.30. The zero-order chi connectivity index (χ0) is 10.8. The highest BCUT2D eigenvalue weighted by Gasteiger charge is 2.15. The summed E-state index contributed by atoms with van der Waals surface area (Å²) in [4.78, 5) is 22.9. The third kappa shape index (κ3) is 1.41. The van der Waals surface area contributed by atoms with E-state index in [1.165, 1.54) is 24.8 Å². The monoisotopic (exact) mass is 205 g/mol. The highest BCUT2D eigenvalue weighted by atomic mass is 16.6. The Morgan fingerprint density at radius 1 is 1.47 bits per heavy atom. The number of benzene rings is 1. The SMILES string of the molecule is O=[C]Oc1c[nH]c2c([N+](=O)[O-])cccc12. The van der Waals surface area contributed by atoms with E-state index in [1.807, 2.05) is 0 Å². The summed E-state index contributed by atoms with van der Waals surface area (Å²) in [6, 6.07) is 4.50. The van der Waals surface area contributed by atoms with Crippen LogP contribution in [-0.4, -0.2) is 16.4 Å². The summed E-state index contributed by atoms with van der Waals surface area (Å²) in [5.41, 5.74) is 0.265. The molecule has 0 aliphatic rings. The van der Waals surface area contributed by atoms with Gasteiger partial charge in [0.15, 0.2) is 5.75 Å². The van der Waals surface area contributed by atoms with Gasteiger partial charge in [0.1, 0.15) is 5.52 Å². The molecule has 1 aromatic carbocycles. The first kappa shape index (κ1) is 9.20. The van der Waals surface area contributed by atoms with E-state index < -0.39 is 4.92 Å². The average molecular weight is 205 g/mol. The van der Waals surface area contributed by atoms with Gasteiger partial charge in [-0.1, -0.05) is 6.07 Å². The van der Waals surface area contributed by atoms with Crippen molar-refractivity contribution in [3.05, 3.63) is 34.5 Å². The fraction of sp³-hybridized carbons (Fsp3) is 0. The van der Waals surface area contributed by atoms with Gasteiger partial charge in [0.05, 0.1) is 4.92 Å². The molecule has 1 heterocycles. The van der Waals surface area contributed by atoms with Crippen molar-refractivity contribution in [2.24, 2.45) is 0 Å². The minimum atomic E-state index is -0.507. The predicted molar refractivity (Wildman–Crippen MR) is 51.3 cm³/mol. The van der Waals surface area contributed by atoms with Crippen LogP contribution < -0.4 is 4.74 Å². The summed E-state index contributed by atoms with van der Waals surface area (Å²) in [7, 11) is 0. The topological polar surface area (TPSA) is 85.2 Å². The van der Waals surface area contributed by atoms with Gasteiger partial charge in [0, 0.05) is 17.6 Å². The Kier molecular flexibility index (Phi) is 2.09. The third-order valence-electron chi connectivity index (χ3n) is 2.00. The first-order valence-electron chi connectivity index (χ1n) is 4.02. The van der Waals surface area contributed by atoms with Crippen LogP contribution in [0.3, 0.4) is 0 Å². The number of nitro groups is 1. The second-order valence-electron chi connectivity index (χ2n) is 2.80. The lowest BCUT2D eigenvalue weighted by Crippen LogP contribution is -1.89. The number of aromatic amines is 1. The van der Waals surface area contributed by atoms with Crippen LogP contribution in [0.1, 0.15) is 0 Å². The van der Waals surface area contributed by atoms with Gasteiger partial charge in [-0.15, -0.1) is 0 Å². The smallest absolute Gasteiger partial charge is 0.416 e. The average Bonchev–Trinajstić information content (AvgIpc) is 2.62. The maximum atomic E-state index is 10.6. The van der Waals surface area contributed by atoms with Crippen molar-refractivity contribution in [3.8, 4) is 5.75 Å². The van der Waals surface area contributed by atoms with E-state index in [-0.39, 0.29) is 11.4 Å². The van der Waals surface area contributed by atoms with Gasteiger partial charge in [-0.3, -0.25) is 10.1 Å². The van der Waals surface area contributed by atoms with Crippen LogP contribution in [0.4, 0.5) is 5.69 Å². The molecular weight excluding hydrogens is 200 g/mol. The van der Waals surface area contributed by atoms with Crippen molar-refractivity contribution >= 4 is 23.1 Å². The summed E-state index contributed by atoms with van der Waals surface area (Å²) in [5, 5.41) is 11.1. The Morgan fingerprint density at radius 3 is 2.93 bits per heavy atom. The fourth-order valence-electron chi connectivity index (χ4n) is 1.39. The van der Waals surface area contributed by atoms with E-state index in [2.05, 4.69) is 9.72 Å². The number of aromatic nitrogens is 1. The molecule has 0 spiro atoms. The number of rotatable bonds is 3. The number of H-pyrrole nitrogens is 1. The Morgan fingerprint density at radius 2 is 2.27 bits per heavy atom. The van der Waals surface area contributed by atoms with E-state index >= 15 is 0 Å². The number of fused-ring (bicyclic) bond motifs is 1. The highest BCUT2D eigenvalue weighted by molar-refractivity contribution is 5.93. The second-order valence-corrected chi connectivity index (χ2v) is 2.80. The van der Waals surface area contributed by atoms with E-state index in [9.17, 15) is 14.9 Å². The van der Waals surface area contributed by atoms with Crippen molar-refractivity contribution in [1.82, 2.24) is 4.98 Å². The van der Waals surface area contributed by atoms with Crippen LogP contribution in [0.5, 0.6) is 5.75 Å². The molecule has 0 atom stereocenters. The number of ether oxygens (including phenoxy) is 1. The number of nitrogens with one attached hydrogen (secondary N) is 1. The molecule has 0 fully saturated rings. The molecule has 0 aliphatic carbocycles. The van der Waals surface area contributed by atoms with Gasteiger partial charge < -0.3 is 9.72 Å². The third-order valence-corrected chi connectivity index (χ3v) is 2.00. The normalized spacial score (nSPS) is 10.1. The van der Waals surface area contributed by atoms with Gasteiger partial charge in [0.2, 0.25) is 0 Å². The van der Waals surface area contributed by atoms with Crippen LogP contribution in [0.25, 0.3) is 10.9 Å². The number of nitro benzene ring substituents is 1. The molecule has 0 saturated carbocycles. The van der Waals surface area contributed by atoms with Crippen molar-refractivity contribution in [2.45, 2.75) is 0 Å². The Balaban J connectivity index is 2.68. The zero-order valence-electron chi connectivity index (χ0n) is 7.39. The first-order chi connectivity index (χ1) is 7.24. The molecule has 2 rings (SSSR count). The number of para-hydroxylation sites is 1. The Bertz CT molecular complexity index is 532. The maximum Gasteiger partial charge on any atom is 0.423 e. The van der Waals surface area contributed by atoms with Crippen LogP contribution in [0.2, 0.25) is 0 Å². The fourth-order valence-corrected chi connectivity index (χ4v) is 1.39. The van der Waals surface area contributed by atoms with E-state index in [1.54, 1.807) is 6.07 Å². The molecule has 2 aromatic rings. The summed E-state index contributed by atoms with van der Waals surface area (Å²) in [6.07, 6.45) is 1.38. The van der Waals surface area contributed by atoms with Crippen LogP contribution in [0.15, 0.2) is 24.4 Å². The molecule has 0 amide bonds. The molecule has 0 saturated heterocycles. The molecule has 1 radical (unpaired) electrons. The van der Waals surface area contributed by atoms with Gasteiger partial charge in [-0.25, -0.2) is 4.79 Å². The standard InChI is InChI=1S/C9H5N2O4/c12-5-15-8-4-10-9-6(8)2-1-3-7(9)11(13)14/h1-4,10H. The molecule has 6 nitrogen and oxygen atoms in total. The maximum absolute atomic E-state index is 10.6. The van der Waals surface area contributed by atoms with E-state index in [0.717, 1.165) is 0 Å². The lowest BCUT2D eigenvalue weighted by molar-refractivity contribution is -0.383. The van der Waals surface area contributed by atoms with E-state index in [0.29, 0.717) is 10.9 Å². The molecular formula is C9H5N2O4. The molecule has 1 aromatic heterocycles. The lowest BCUT2D eigenvalue weighted by atomic mass is 10.2. The van der Waals surface area contributed by atoms with Crippen LogP contribution >= 0.6 is 0 Å². The molecule has 0 bridgehead atoms. The number of carbonyl (C=O) groups excluding carboxylic acids is 1. The summed E-state index contributed by atoms with van der Waals surface area (Å²) >= 11 is 0. The Hall–Kier alpha value is -2.37. The summed E-state index contributed by atoms with van der Waals surface area (Å²) in [5.74, 6) is 0.226. The van der Waals surface area contributed by atoms with Crippen molar-refractivity contribution in [2.75, 3.05) is 0 Å².